The molecule has 0 amide bonds. The molecule has 0 aliphatic carbocycles. The number of ether oxygens (including phenoxy) is 1. The Morgan fingerprint density at radius 3 is 2.15 bits per heavy atom. The Balaban J connectivity index is 2.39. The third kappa shape index (κ3) is 4.49. The summed E-state index contributed by atoms with van der Waals surface area (Å²) in [6, 6.07) is 11.6. The van der Waals surface area contributed by atoms with E-state index in [2.05, 4.69) is 10.1 Å². The molecule has 2 aromatic carbocycles. The molecule has 5 nitrogen and oxygen atoms in total. The second-order valence-electron chi connectivity index (χ2n) is 5.88. The van der Waals surface area contributed by atoms with E-state index in [0.29, 0.717) is 5.69 Å². The zero-order valence-corrected chi connectivity index (χ0v) is 15.5. The number of sulfone groups is 1. The lowest BCUT2D eigenvalue weighted by atomic mass is 10.0. The molecule has 0 radical (unpaired) electrons. The molecule has 2 rings (SSSR count). The third-order valence-electron chi connectivity index (χ3n) is 3.75. The number of carbonyl (C=O) groups is 1. The molecule has 0 saturated heterocycles. The van der Waals surface area contributed by atoms with Crippen LogP contribution in [-0.2, 0) is 19.4 Å². The average molecular weight is 377 g/mol. The van der Waals surface area contributed by atoms with E-state index in [1.54, 1.807) is 12.1 Å². The van der Waals surface area contributed by atoms with Crippen molar-refractivity contribution in [1.82, 2.24) is 0 Å². The van der Waals surface area contributed by atoms with Crippen LogP contribution in [0.4, 0.5) is 10.1 Å². The van der Waals surface area contributed by atoms with Gasteiger partial charge in [-0.3, -0.25) is 0 Å². The number of nitrogens with one attached hydrogen (secondary N) is 1. The summed E-state index contributed by atoms with van der Waals surface area (Å²) >= 11 is 0. The molecule has 0 fully saturated rings. The lowest BCUT2D eigenvalue weighted by molar-refractivity contribution is -0.135. The van der Waals surface area contributed by atoms with Gasteiger partial charge in [0.15, 0.2) is 4.91 Å². The highest BCUT2D eigenvalue weighted by molar-refractivity contribution is 7.96. The standard InChI is InChI=1S/C19H20FNO4S/c1-13(2)14-4-10-17(11-5-14)26(23,24)18(19(22)25-3)12-21-16-8-6-15(20)7-9-16/h4-13,21H,1-3H3/b18-12-. The topological polar surface area (TPSA) is 72.5 Å². The number of methoxy groups -OCH3 is 1. The minimum Gasteiger partial charge on any atom is -0.465 e. The van der Waals surface area contributed by atoms with Crippen LogP contribution in [0.3, 0.4) is 0 Å². The highest BCUT2D eigenvalue weighted by Crippen LogP contribution is 2.23. The lowest BCUT2D eigenvalue weighted by Gasteiger charge is -2.10. The highest BCUT2D eigenvalue weighted by atomic mass is 32.2. The monoisotopic (exact) mass is 377 g/mol. The van der Waals surface area contributed by atoms with Crippen molar-refractivity contribution in [1.29, 1.82) is 0 Å². The summed E-state index contributed by atoms with van der Waals surface area (Å²) in [6.45, 7) is 3.99. The summed E-state index contributed by atoms with van der Waals surface area (Å²) in [7, 11) is -2.98. The molecule has 0 spiro atoms. The van der Waals surface area contributed by atoms with Gasteiger partial charge in [-0.2, -0.15) is 0 Å². The first-order valence-electron chi connectivity index (χ1n) is 7.91. The molecule has 0 bridgehead atoms. The number of esters is 1. The van der Waals surface area contributed by atoms with E-state index >= 15 is 0 Å². The zero-order valence-electron chi connectivity index (χ0n) is 14.7. The molecule has 0 aromatic heterocycles. The van der Waals surface area contributed by atoms with Gasteiger partial charge in [-0.15, -0.1) is 0 Å². The van der Waals surface area contributed by atoms with Gasteiger partial charge in [0.1, 0.15) is 5.82 Å². The van der Waals surface area contributed by atoms with E-state index in [-0.39, 0.29) is 10.8 Å². The van der Waals surface area contributed by atoms with Crippen LogP contribution in [0.15, 0.2) is 64.5 Å². The predicted molar refractivity (Wildman–Crippen MR) is 97.8 cm³/mol. The van der Waals surface area contributed by atoms with Gasteiger partial charge in [0.05, 0.1) is 12.0 Å². The SMILES string of the molecule is COC(=O)/C(=C/Nc1ccc(F)cc1)S(=O)(=O)c1ccc(C(C)C)cc1. The number of carbonyl (C=O) groups excluding carboxylic acids is 1. The number of hydrogen-bond acceptors (Lipinski definition) is 5. The van der Waals surface area contributed by atoms with Crippen LogP contribution in [0.1, 0.15) is 25.3 Å². The number of rotatable bonds is 6. The predicted octanol–water partition coefficient (Wildman–Crippen LogP) is 3.85. The summed E-state index contributed by atoms with van der Waals surface area (Å²) in [5.74, 6) is -1.17. The van der Waals surface area contributed by atoms with E-state index in [1.807, 2.05) is 13.8 Å². The molecule has 26 heavy (non-hydrogen) atoms. The fourth-order valence-corrected chi connectivity index (χ4v) is 3.47. The second-order valence-corrected chi connectivity index (χ2v) is 7.80. The summed E-state index contributed by atoms with van der Waals surface area (Å²) in [5.41, 5.74) is 1.41. The highest BCUT2D eigenvalue weighted by Gasteiger charge is 2.28. The molecular weight excluding hydrogens is 357 g/mol. The molecule has 0 heterocycles. The minimum atomic E-state index is -4.08. The van der Waals surface area contributed by atoms with Gasteiger partial charge in [0.25, 0.3) is 0 Å². The van der Waals surface area contributed by atoms with Gasteiger partial charge < -0.3 is 10.1 Å². The first kappa shape index (κ1) is 19.7. The van der Waals surface area contributed by atoms with E-state index in [1.165, 1.54) is 36.4 Å². The fraction of sp³-hybridized carbons (Fsp3) is 0.211. The zero-order chi connectivity index (χ0) is 19.3. The lowest BCUT2D eigenvalue weighted by Crippen LogP contribution is -2.17. The molecule has 2 aromatic rings. The van der Waals surface area contributed by atoms with Crippen molar-refractivity contribution in [2.24, 2.45) is 0 Å². The van der Waals surface area contributed by atoms with Gasteiger partial charge in [0, 0.05) is 11.9 Å². The largest absolute Gasteiger partial charge is 0.465 e. The van der Waals surface area contributed by atoms with Gasteiger partial charge in [0.2, 0.25) is 9.84 Å². The smallest absolute Gasteiger partial charge is 0.351 e. The number of anilines is 1. The quantitative estimate of drug-likeness (QED) is 0.611. The summed E-state index contributed by atoms with van der Waals surface area (Å²) in [4.78, 5) is 11.5. The van der Waals surface area contributed by atoms with E-state index < -0.39 is 26.5 Å². The molecule has 138 valence electrons. The Bertz CT molecular complexity index is 902. The Labute approximate surface area is 152 Å². The van der Waals surface area contributed by atoms with E-state index in [0.717, 1.165) is 18.9 Å². The number of hydrogen-bond donors (Lipinski definition) is 1. The third-order valence-corrected chi connectivity index (χ3v) is 5.50. The van der Waals surface area contributed by atoms with Crippen LogP contribution < -0.4 is 5.32 Å². The molecule has 1 N–H and O–H groups in total. The van der Waals surface area contributed by atoms with Gasteiger partial charge in [-0.1, -0.05) is 26.0 Å². The summed E-state index contributed by atoms with van der Waals surface area (Å²) in [5, 5.41) is 2.68. The van der Waals surface area contributed by atoms with Crippen molar-refractivity contribution in [3.8, 4) is 0 Å². The van der Waals surface area contributed by atoms with Crippen LogP contribution >= 0.6 is 0 Å². The van der Waals surface area contributed by atoms with Crippen LogP contribution in [0.5, 0.6) is 0 Å². The Morgan fingerprint density at radius 1 is 1.08 bits per heavy atom. The van der Waals surface area contributed by atoms with E-state index in [9.17, 15) is 17.6 Å². The van der Waals surface area contributed by atoms with Crippen LogP contribution in [0, 0.1) is 5.82 Å². The second kappa shape index (κ2) is 8.14. The normalized spacial score (nSPS) is 12.1. The molecular formula is C19H20FNO4S. The maximum absolute atomic E-state index is 13.0. The van der Waals surface area contributed by atoms with Crippen molar-refractivity contribution < 1.29 is 22.3 Å². The molecule has 0 unspecified atom stereocenters. The number of halogens is 1. The molecule has 7 heteroatoms. The Hall–Kier alpha value is -2.67. The Morgan fingerprint density at radius 2 is 1.65 bits per heavy atom. The molecule has 0 aliphatic heterocycles. The van der Waals surface area contributed by atoms with Crippen LogP contribution in [0.2, 0.25) is 0 Å². The van der Waals surface area contributed by atoms with Crippen LogP contribution in [0.25, 0.3) is 0 Å². The Kier molecular flexibility index (Phi) is 6.15. The first-order chi connectivity index (χ1) is 12.3. The summed E-state index contributed by atoms with van der Waals surface area (Å²) < 4.78 is 43.2. The van der Waals surface area contributed by atoms with Gasteiger partial charge >= 0.3 is 5.97 Å². The maximum atomic E-state index is 13.0. The number of benzene rings is 2. The fourth-order valence-electron chi connectivity index (χ4n) is 2.20. The van der Waals surface area contributed by atoms with E-state index in [4.69, 9.17) is 0 Å². The van der Waals surface area contributed by atoms with Gasteiger partial charge in [-0.25, -0.2) is 17.6 Å². The average Bonchev–Trinajstić information content (AvgIpc) is 2.63. The van der Waals surface area contributed by atoms with Crippen molar-refractivity contribution >= 4 is 21.5 Å². The maximum Gasteiger partial charge on any atom is 0.351 e. The van der Waals surface area contributed by atoms with Gasteiger partial charge in [-0.05, 0) is 47.9 Å². The van der Waals surface area contributed by atoms with Crippen molar-refractivity contribution in [2.45, 2.75) is 24.7 Å². The minimum absolute atomic E-state index is 0.0144. The van der Waals surface area contributed by atoms with Crippen molar-refractivity contribution in [2.75, 3.05) is 12.4 Å². The molecule has 0 aliphatic rings. The van der Waals surface area contributed by atoms with Crippen molar-refractivity contribution in [3.05, 3.63) is 71.0 Å². The van der Waals surface area contributed by atoms with Crippen molar-refractivity contribution in [3.63, 3.8) is 0 Å². The molecule has 0 saturated carbocycles. The van der Waals surface area contributed by atoms with Crippen LogP contribution in [-0.4, -0.2) is 21.5 Å². The first-order valence-corrected chi connectivity index (χ1v) is 9.39. The summed E-state index contributed by atoms with van der Waals surface area (Å²) in [6.07, 6.45) is 1.05. The molecule has 0 atom stereocenters.